The highest BCUT2D eigenvalue weighted by atomic mass is 28.4. The summed E-state index contributed by atoms with van der Waals surface area (Å²) >= 11 is 0. The fourth-order valence-corrected chi connectivity index (χ4v) is 9.29. The van der Waals surface area contributed by atoms with Gasteiger partial charge in [-0.1, -0.05) is 81.4 Å². The second-order valence-corrected chi connectivity index (χ2v) is 13.0. The van der Waals surface area contributed by atoms with E-state index in [1.807, 2.05) is 12.1 Å². The first kappa shape index (κ1) is 19.5. The first-order chi connectivity index (χ1) is 13.5. The van der Waals surface area contributed by atoms with Crippen molar-refractivity contribution in [3.63, 3.8) is 0 Å². The van der Waals surface area contributed by atoms with Crippen molar-refractivity contribution in [3.05, 3.63) is 60.7 Å². The van der Waals surface area contributed by atoms with Crippen LogP contribution < -0.4 is 10.4 Å². The minimum atomic E-state index is -2.65. The number of benzene rings is 2. The van der Waals surface area contributed by atoms with Crippen LogP contribution in [0.1, 0.15) is 27.2 Å². The Hall–Kier alpha value is -1.79. The van der Waals surface area contributed by atoms with Gasteiger partial charge in [-0.15, -0.1) is 0 Å². The Bertz CT molecular complexity index is 763. The van der Waals surface area contributed by atoms with Crippen molar-refractivity contribution >= 4 is 25.0 Å². The average Bonchev–Trinajstić information content (AvgIpc) is 3.27. The normalized spacial score (nSPS) is 27.5. The van der Waals surface area contributed by atoms with Crippen LogP contribution >= 0.6 is 0 Å². The van der Waals surface area contributed by atoms with E-state index in [0.717, 1.165) is 6.29 Å². The number of rotatable bonds is 5. The molecule has 2 aliphatic heterocycles. The third kappa shape index (κ3) is 3.26. The molecule has 0 saturated carbocycles. The Morgan fingerprint density at radius 3 is 2.07 bits per heavy atom. The maximum Gasteiger partial charge on any atom is 0.261 e. The number of ether oxygens (including phenoxy) is 2. The predicted octanol–water partition coefficient (Wildman–Crippen LogP) is 2.69. The Morgan fingerprint density at radius 1 is 1.00 bits per heavy atom. The molecule has 4 atom stereocenters. The lowest BCUT2D eigenvalue weighted by atomic mass is 10.1. The van der Waals surface area contributed by atoms with Crippen molar-refractivity contribution in [1.29, 1.82) is 0 Å². The van der Waals surface area contributed by atoms with E-state index < -0.39 is 8.32 Å². The molecule has 0 unspecified atom stereocenters. The van der Waals surface area contributed by atoms with Gasteiger partial charge in [0, 0.05) is 6.42 Å². The highest BCUT2D eigenvalue weighted by molar-refractivity contribution is 6.99. The van der Waals surface area contributed by atoms with Gasteiger partial charge < -0.3 is 18.7 Å². The number of carbonyl (C=O) groups is 1. The van der Waals surface area contributed by atoms with E-state index in [-0.39, 0.29) is 29.5 Å². The number of hydrogen-bond acceptors (Lipinski definition) is 4. The van der Waals surface area contributed by atoms with Crippen LogP contribution in [-0.4, -0.2) is 45.6 Å². The van der Waals surface area contributed by atoms with E-state index in [0.29, 0.717) is 13.0 Å². The fourth-order valence-electron chi connectivity index (χ4n) is 4.62. The fraction of sp³-hybridized carbons (Fsp3) is 0.435. The topological polar surface area (TPSA) is 44.8 Å². The molecule has 0 N–H and O–H groups in total. The number of aldehydes is 1. The predicted molar refractivity (Wildman–Crippen MR) is 112 cm³/mol. The molecule has 2 heterocycles. The molecule has 5 heteroatoms. The summed E-state index contributed by atoms with van der Waals surface area (Å²) in [6.45, 7) is 7.29. The highest BCUT2D eigenvalue weighted by Crippen LogP contribution is 2.40. The zero-order chi connectivity index (χ0) is 19.8. The standard InChI is InChI=1S/C23H28O4Si/c1-23(2,3)28(18-10-6-4-7-11-18,19-12-8-5-9-13-19)27-21-16-25-20-14-17(15-24)26-22(20)21/h4-13,15,17,20-22H,14,16H2,1-3H3/t17-,20+,21-,22-/m1/s1. The number of fused-ring (bicyclic) bond motifs is 1. The average molecular weight is 397 g/mol. The van der Waals surface area contributed by atoms with E-state index in [1.165, 1.54) is 10.4 Å². The number of hydrogen-bond donors (Lipinski definition) is 0. The number of carbonyl (C=O) groups excluding carboxylic acids is 1. The second-order valence-electron chi connectivity index (χ2n) is 8.70. The van der Waals surface area contributed by atoms with Gasteiger partial charge in [-0.2, -0.15) is 0 Å². The molecule has 2 aliphatic rings. The van der Waals surface area contributed by atoms with Crippen LogP contribution in [-0.2, 0) is 18.7 Å². The van der Waals surface area contributed by atoms with E-state index in [1.54, 1.807) is 0 Å². The largest absolute Gasteiger partial charge is 0.399 e. The monoisotopic (exact) mass is 396 g/mol. The van der Waals surface area contributed by atoms with Crippen LogP contribution in [0.3, 0.4) is 0 Å². The molecule has 0 amide bonds. The van der Waals surface area contributed by atoms with Crippen molar-refractivity contribution in [2.45, 2.75) is 56.6 Å². The molecule has 0 spiro atoms. The van der Waals surface area contributed by atoms with Crippen LogP contribution in [0, 0.1) is 0 Å². The molecule has 2 aromatic carbocycles. The van der Waals surface area contributed by atoms with Crippen LogP contribution in [0.4, 0.5) is 0 Å². The van der Waals surface area contributed by atoms with Gasteiger partial charge in [-0.05, 0) is 15.4 Å². The lowest BCUT2D eigenvalue weighted by molar-refractivity contribution is -0.119. The molecule has 28 heavy (non-hydrogen) atoms. The van der Waals surface area contributed by atoms with Gasteiger partial charge in [-0.3, -0.25) is 0 Å². The molecular weight excluding hydrogens is 368 g/mol. The smallest absolute Gasteiger partial charge is 0.261 e. The summed E-state index contributed by atoms with van der Waals surface area (Å²) in [4.78, 5) is 11.2. The SMILES string of the molecule is CC(C)(C)[Si](O[C@@H]1CO[C@H]2C[C@H](C=O)O[C@H]21)(c1ccccc1)c1ccccc1. The molecule has 148 valence electrons. The van der Waals surface area contributed by atoms with Crippen molar-refractivity contribution in [3.8, 4) is 0 Å². The Balaban J connectivity index is 1.79. The maximum absolute atomic E-state index is 11.2. The molecule has 2 aromatic rings. The third-order valence-electron chi connectivity index (χ3n) is 5.90. The van der Waals surface area contributed by atoms with Gasteiger partial charge in [0.2, 0.25) is 0 Å². The van der Waals surface area contributed by atoms with E-state index in [9.17, 15) is 4.79 Å². The molecule has 0 aromatic heterocycles. The Morgan fingerprint density at radius 2 is 1.57 bits per heavy atom. The summed E-state index contributed by atoms with van der Waals surface area (Å²) in [7, 11) is -2.65. The molecule has 2 saturated heterocycles. The molecule has 4 nitrogen and oxygen atoms in total. The van der Waals surface area contributed by atoms with Gasteiger partial charge in [0.1, 0.15) is 18.5 Å². The van der Waals surface area contributed by atoms with Crippen molar-refractivity contribution in [2.75, 3.05) is 6.61 Å². The zero-order valence-corrected chi connectivity index (χ0v) is 17.7. The maximum atomic E-state index is 11.2. The molecule has 0 radical (unpaired) electrons. The van der Waals surface area contributed by atoms with Gasteiger partial charge >= 0.3 is 0 Å². The van der Waals surface area contributed by atoms with Gasteiger partial charge in [0.25, 0.3) is 8.32 Å². The van der Waals surface area contributed by atoms with Crippen molar-refractivity contribution in [1.82, 2.24) is 0 Å². The van der Waals surface area contributed by atoms with Crippen LogP contribution in [0.15, 0.2) is 60.7 Å². The lowest BCUT2D eigenvalue weighted by Crippen LogP contribution is -2.68. The second kappa shape index (κ2) is 7.56. The van der Waals surface area contributed by atoms with Gasteiger partial charge in [-0.25, -0.2) is 0 Å². The van der Waals surface area contributed by atoms with Crippen molar-refractivity contribution < 1.29 is 18.7 Å². The first-order valence-corrected chi connectivity index (χ1v) is 11.9. The molecule has 0 bridgehead atoms. The highest BCUT2D eigenvalue weighted by Gasteiger charge is 2.55. The zero-order valence-electron chi connectivity index (χ0n) is 16.7. The van der Waals surface area contributed by atoms with E-state index in [2.05, 4.69) is 69.3 Å². The molecular formula is C23H28O4Si. The van der Waals surface area contributed by atoms with E-state index in [4.69, 9.17) is 13.9 Å². The van der Waals surface area contributed by atoms with Crippen molar-refractivity contribution in [2.24, 2.45) is 0 Å². The quantitative estimate of drug-likeness (QED) is 0.576. The summed E-state index contributed by atoms with van der Waals surface area (Å²) in [5.74, 6) is 0. The van der Waals surface area contributed by atoms with E-state index >= 15 is 0 Å². The van der Waals surface area contributed by atoms with Gasteiger partial charge in [0.15, 0.2) is 0 Å². The molecule has 2 fully saturated rings. The minimum absolute atomic E-state index is 0.0570. The summed E-state index contributed by atoms with van der Waals surface area (Å²) in [5.41, 5.74) is 0. The third-order valence-corrected chi connectivity index (χ3v) is 11.0. The van der Waals surface area contributed by atoms with Crippen LogP contribution in [0.5, 0.6) is 0 Å². The summed E-state index contributed by atoms with van der Waals surface area (Å²) < 4.78 is 19.1. The lowest BCUT2D eigenvalue weighted by Gasteiger charge is -2.45. The Kier molecular flexibility index (Phi) is 5.27. The molecule has 4 rings (SSSR count). The van der Waals surface area contributed by atoms with Crippen LogP contribution in [0.2, 0.25) is 5.04 Å². The molecule has 0 aliphatic carbocycles. The minimum Gasteiger partial charge on any atom is -0.399 e. The summed E-state index contributed by atoms with van der Waals surface area (Å²) in [6.07, 6.45) is 0.688. The Labute approximate surface area is 167 Å². The first-order valence-electron chi connectivity index (χ1n) is 9.97. The summed E-state index contributed by atoms with van der Waals surface area (Å²) in [5, 5.41) is 2.38. The van der Waals surface area contributed by atoms with Crippen LogP contribution in [0.25, 0.3) is 0 Å². The van der Waals surface area contributed by atoms with Gasteiger partial charge in [0.05, 0.1) is 18.8 Å². The summed E-state index contributed by atoms with van der Waals surface area (Å²) in [6, 6.07) is 21.1.